The first-order chi connectivity index (χ1) is 22.0. The van der Waals surface area contributed by atoms with E-state index in [1.165, 1.54) is 42.7 Å². The van der Waals surface area contributed by atoms with Gasteiger partial charge in [0.05, 0.1) is 17.8 Å². The highest BCUT2D eigenvalue weighted by atomic mass is 35.5. The van der Waals surface area contributed by atoms with E-state index in [1.54, 1.807) is 12.1 Å². The molecule has 1 N–H and O–H groups in total. The summed E-state index contributed by atoms with van der Waals surface area (Å²) in [4.78, 5) is 52.3. The standard InChI is InChI=1S/C32H24ClF3N6O4/c33-24-4-2-1-3-23(24)29(30(44)40-21-13-32(35,36)14-21)41(22-11-19(10-20(34)12-22)26-16-38-17-46-26)31(45)25-5-6-28(43)42(25)27-9-18(15-37)7-8-39-27/h1-4,7-12,16-17,21,25,29H,5-6,13-14H2,(H,40,44)/t25-,29?/m0/s1. The Balaban J connectivity index is 1.50. The summed E-state index contributed by atoms with van der Waals surface area (Å²) in [6.07, 6.45) is 2.56. The normalized spacial score (nSPS) is 18.0. The van der Waals surface area contributed by atoms with Crippen LogP contribution < -0.4 is 15.1 Å². The molecule has 1 aliphatic carbocycles. The number of oxazole rings is 1. The van der Waals surface area contributed by atoms with Crippen molar-refractivity contribution < 1.29 is 32.0 Å². The SMILES string of the molecule is N#Cc1ccnc(N2C(=O)CC[C@H]2C(=O)N(c2cc(F)cc(-c3cnco3)c2)C(C(=O)NC2CC(F)(F)C2)c2ccccc2Cl)c1. The molecule has 10 nitrogen and oxygen atoms in total. The van der Waals surface area contributed by atoms with Crippen molar-refractivity contribution in [3.63, 3.8) is 0 Å². The number of amides is 3. The first-order valence-electron chi connectivity index (χ1n) is 14.2. The lowest BCUT2D eigenvalue weighted by atomic mass is 9.87. The number of pyridine rings is 1. The highest BCUT2D eigenvalue weighted by Gasteiger charge is 2.48. The highest BCUT2D eigenvalue weighted by Crippen LogP contribution is 2.40. The second kappa shape index (κ2) is 12.3. The zero-order valence-corrected chi connectivity index (χ0v) is 24.6. The van der Waals surface area contributed by atoms with Gasteiger partial charge in [0.2, 0.25) is 11.8 Å². The third-order valence-corrected chi connectivity index (χ3v) is 8.22. The van der Waals surface area contributed by atoms with Crippen molar-refractivity contribution in [1.29, 1.82) is 5.26 Å². The number of carbonyl (C=O) groups is 3. The van der Waals surface area contributed by atoms with E-state index >= 15 is 4.39 Å². The van der Waals surface area contributed by atoms with Crippen LogP contribution in [0.2, 0.25) is 5.02 Å². The van der Waals surface area contributed by atoms with Crippen LogP contribution in [-0.2, 0) is 14.4 Å². The highest BCUT2D eigenvalue weighted by molar-refractivity contribution is 6.31. The van der Waals surface area contributed by atoms with Crippen molar-refractivity contribution in [2.45, 2.75) is 49.7 Å². The van der Waals surface area contributed by atoms with Crippen molar-refractivity contribution in [3.8, 4) is 17.4 Å². The summed E-state index contributed by atoms with van der Waals surface area (Å²) in [5.74, 6) is -5.64. The van der Waals surface area contributed by atoms with E-state index in [2.05, 4.69) is 15.3 Å². The van der Waals surface area contributed by atoms with Crippen LogP contribution in [0.15, 0.2) is 77.8 Å². The van der Waals surface area contributed by atoms with Crippen LogP contribution in [0.1, 0.15) is 42.9 Å². The molecule has 1 saturated heterocycles. The van der Waals surface area contributed by atoms with Crippen LogP contribution in [-0.4, -0.2) is 45.7 Å². The number of nitriles is 1. The average Bonchev–Trinajstić information content (AvgIpc) is 3.69. The Morgan fingerprint density at radius 3 is 2.65 bits per heavy atom. The molecule has 2 fully saturated rings. The number of alkyl halides is 2. The zero-order valence-electron chi connectivity index (χ0n) is 23.9. The number of carbonyl (C=O) groups excluding carboxylic acids is 3. The molecule has 46 heavy (non-hydrogen) atoms. The molecule has 2 aromatic carbocycles. The van der Waals surface area contributed by atoms with E-state index in [0.717, 1.165) is 28.3 Å². The molecule has 14 heteroatoms. The van der Waals surface area contributed by atoms with Crippen molar-refractivity contribution in [3.05, 3.63) is 95.4 Å². The Bertz CT molecular complexity index is 1860. The van der Waals surface area contributed by atoms with Gasteiger partial charge < -0.3 is 9.73 Å². The van der Waals surface area contributed by atoms with E-state index in [-0.39, 0.29) is 51.8 Å². The molecule has 3 heterocycles. The molecular formula is C32H24ClF3N6O4. The Morgan fingerprint density at radius 1 is 1.17 bits per heavy atom. The van der Waals surface area contributed by atoms with Gasteiger partial charge in [-0.25, -0.2) is 23.1 Å². The maximum Gasteiger partial charge on any atom is 0.252 e. The molecule has 2 atom stereocenters. The summed E-state index contributed by atoms with van der Waals surface area (Å²) in [5.41, 5.74) is 0.408. The van der Waals surface area contributed by atoms with Gasteiger partial charge in [-0.3, -0.25) is 24.2 Å². The lowest BCUT2D eigenvalue weighted by molar-refractivity contribution is -0.133. The number of nitrogens with zero attached hydrogens (tertiary/aromatic N) is 5. The quantitative estimate of drug-likeness (QED) is 0.264. The Morgan fingerprint density at radius 2 is 1.96 bits per heavy atom. The van der Waals surface area contributed by atoms with E-state index in [9.17, 15) is 28.4 Å². The Labute approximate surface area is 265 Å². The van der Waals surface area contributed by atoms with Crippen LogP contribution in [0.4, 0.5) is 24.7 Å². The lowest BCUT2D eigenvalue weighted by Gasteiger charge is -2.39. The summed E-state index contributed by atoms with van der Waals surface area (Å²) in [7, 11) is 0. The van der Waals surface area contributed by atoms with Crippen LogP contribution in [0.25, 0.3) is 11.3 Å². The van der Waals surface area contributed by atoms with Gasteiger partial charge in [-0.15, -0.1) is 0 Å². The van der Waals surface area contributed by atoms with Gasteiger partial charge >= 0.3 is 0 Å². The maximum absolute atomic E-state index is 15.3. The third-order valence-electron chi connectivity index (χ3n) is 7.88. The molecule has 1 saturated carbocycles. The maximum atomic E-state index is 15.3. The van der Waals surface area contributed by atoms with Gasteiger partial charge in [0.1, 0.15) is 23.7 Å². The van der Waals surface area contributed by atoms with Gasteiger partial charge in [0, 0.05) is 53.3 Å². The molecule has 4 aromatic rings. The molecule has 1 unspecified atom stereocenters. The fraction of sp³-hybridized carbons (Fsp3) is 0.250. The summed E-state index contributed by atoms with van der Waals surface area (Å²) < 4.78 is 48.1. The Kier molecular flexibility index (Phi) is 8.22. The molecule has 6 rings (SSSR count). The van der Waals surface area contributed by atoms with Crippen LogP contribution >= 0.6 is 11.6 Å². The lowest BCUT2D eigenvalue weighted by Crippen LogP contribution is -2.56. The van der Waals surface area contributed by atoms with Crippen molar-refractivity contribution in [2.75, 3.05) is 9.80 Å². The van der Waals surface area contributed by atoms with Gasteiger partial charge in [0.15, 0.2) is 12.2 Å². The Hall–Kier alpha value is -5.22. The van der Waals surface area contributed by atoms with Gasteiger partial charge in [-0.1, -0.05) is 29.8 Å². The number of rotatable bonds is 8. The fourth-order valence-electron chi connectivity index (χ4n) is 5.74. The smallest absolute Gasteiger partial charge is 0.252 e. The minimum absolute atomic E-state index is 0.00259. The van der Waals surface area contributed by atoms with Gasteiger partial charge in [-0.05, 0) is 42.8 Å². The predicted molar refractivity (Wildman–Crippen MR) is 159 cm³/mol. The first-order valence-corrected chi connectivity index (χ1v) is 14.6. The summed E-state index contributed by atoms with van der Waals surface area (Å²) in [5, 5.41) is 12.1. The third kappa shape index (κ3) is 6.03. The number of hydrogen-bond donors (Lipinski definition) is 1. The van der Waals surface area contributed by atoms with Gasteiger partial charge in [0.25, 0.3) is 11.8 Å². The van der Waals surface area contributed by atoms with E-state index in [0.29, 0.717) is 0 Å². The second-order valence-electron chi connectivity index (χ2n) is 11.0. The van der Waals surface area contributed by atoms with E-state index in [4.69, 9.17) is 16.0 Å². The number of halogens is 4. The average molecular weight is 649 g/mol. The molecular weight excluding hydrogens is 625 g/mol. The largest absolute Gasteiger partial charge is 0.444 e. The minimum atomic E-state index is -2.95. The predicted octanol–water partition coefficient (Wildman–Crippen LogP) is 5.58. The van der Waals surface area contributed by atoms with E-state index in [1.807, 2.05) is 6.07 Å². The molecule has 3 amide bonds. The monoisotopic (exact) mass is 648 g/mol. The number of nitrogens with one attached hydrogen (secondary N) is 1. The summed E-state index contributed by atoms with van der Waals surface area (Å²) in [6.45, 7) is 0. The first kappa shape index (κ1) is 30.8. The molecule has 2 aliphatic rings. The number of anilines is 2. The number of benzene rings is 2. The molecule has 1 aliphatic heterocycles. The molecule has 0 radical (unpaired) electrons. The number of aromatic nitrogens is 2. The van der Waals surface area contributed by atoms with Gasteiger partial charge in [-0.2, -0.15) is 5.26 Å². The van der Waals surface area contributed by atoms with Crippen molar-refractivity contribution >= 4 is 40.8 Å². The fourth-order valence-corrected chi connectivity index (χ4v) is 5.98. The van der Waals surface area contributed by atoms with Crippen molar-refractivity contribution in [1.82, 2.24) is 15.3 Å². The zero-order chi connectivity index (χ0) is 32.6. The van der Waals surface area contributed by atoms with Crippen LogP contribution in [0.3, 0.4) is 0 Å². The van der Waals surface area contributed by atoms with Crippen LogP contribution in [0, 0.1) is 17.1 Å². The topological polar surface area (TPSA) is 132 Å². The summed E-state index contributed by atoms with van der Waals surface area (Å²) >= 11 is 6.57. The second-order valence-corrected chi connectivity index (χ2v) is 11.4. The van der Waals surface area contributed by atoms with Crippen molar-refractivity contribution in [2.24, 2.45) is 0 Å². The minimum Gasteiger partial charge on any atom is -0.444 e. The van der Waals surface area contributed by atoms with Crippen LogP contribution in [0.5, 0.6) is 0 Å². The molecule has 234 valence electrons. The molecule has 0 bridgehead atoms. The molecule has 2 aromatic heterocycles. The molecule has 0 spiro atoms. The van der Waals surface area contributed by atoms with E-state index < -0.39 is 60.4 Å². The number of hydrogen-bond acceptors (Lipinski definition) is 7. The summed E-state index contributed by atoms with van der Waals surface area (Å²) in [6, 6.07) is 10.8.